The van der Waals surface area contributed by atoms with E-state index in [9.17, 15) is 9.59 Å². The van der Waals surface area contributed by atoms with Gasteiger partial charge in [0.15, 0.2) is 0 Å². The summed E-state index contributed by atoms with van der Waals surface area (Å²) in [5, 5.41) is 4.50. The Kier molecular flexibility index (Phi) is 6.70. The predicted molar refractivity (Wildman–Crippen MR) is 120 cm³/mol. The van der Waals surface area contributed by atoms with Gasteiger partial charge in [0.25, 0.3) is 5.56 Å². The monoisotopic (exact) mass is 391 g/mol. The first-order valence-corrected chi connectivity index (χ1v) is 10.2. The largest absolute Gasteiger partial charge is 0.372 e. The lowest BCUT2D eigenvalue weighted by molar-refractivity contribution is -0.121. The highest BCUT2D eigenvalue weighted by Crippen LogP contribution is 2.15. The molecule has 2 aromatic carbocycles. The second kappa shape index (κ2) is 9.41. The van der Waals surface area contributed by atoms with E-state index >= 15 is 0 Å². The number of fused-ring (bicyclic) bond motifs is 1. The molecular formula is C24H29N3O2. The van der Waals surface area contributed by atoms with Crippen LogP contribution in [0.3, 0.4) is 0 Å². The number of anilines is 1. The normalized spacial score (nSPS) is 10.9. The maximum absolute atomic E-state index is 12.7. The summed E-state index contributed by atoms with van der Waals surface area (Å²) in [6, 6.07) is 17.9. The molecule has 0 saturated carbocycles. The molecule has 0 aliphatic rings. The van der Waals surface area contributed by atoms with Crippen LogP contribution in [0.4, 0.5) is 5.69 Å². The van der Waals surface area contributed by atoms with Crippen molar-refractivity contribution in [1.82, 2.24) is 9.88 Å². The molecule has 0 aliphatic carbocycles. The molecule has 1 heterocycles. The Labute approximate surface area is 172 Å². The Bertz CT molecular complexity index is 1060. The third kappa shape index (κ3) is 5.05. The van der Waals surface area contributed by atoms with E-state index in [1.54, 1.807) is 10.6 Å². The lowest BCUT2D eigenvalue weighted by Crippen LogP contribution is -2.35. The highest BCUT2D eigenvalue weighted by atomic mass is 16.2. The topological polar surface area (TPSA) is 54.3 Å². The number of carbonyl (C=O) groups excluding carboxylic acids is 1. The molecule has 0 radical (unpaired) electrons. The molecule has 0 aliphatic heterocycles. The van der Waals surface area contributed by atoms with Crippen LogP contribution in [0.1, 0.15) is 24.6 Å². The molecule has 3 aromatic rings. The van der Waals surface area contributed by atoms with Gasteiger partial charge in [0.1, 0.15) is 6.54 Å². The highest BCUT2D eigenvalue weighted by Gasteiger charge is 2.10. The van der Waals surface area contributed by atoms with Gasteiger partial charge in [-0.3, -0.25) is 9.59 Å². The van der Waals surface area contributed by atoms with Gasteiger partial charge in [-0.05, 0) is 62.4 Å². The maximum Gasteiger partial charge on any atom is 0.259 e. The number of hydrogen-bond donors (Lipinski definition) is 1. The summed E-state index contributed by atoms with van der Waals surface area (Å²) < 4.78 is 1.54. The molecule has 0 saturated heterocycles. The summed E-state index contributed by atoms with van der Waals surface area (Å²) >= 11 is 0. The molecule has 0 bridgehead atoms. The number of amides is 1. The van der Waals surface area contributed by atoms with Gasteiger partial charge >= 0.3 is 0 Å². The molecule has 1 N–H and O–H groups in total. The van der Waals surface area contributed by atoms with E-state index < -0.39 is 0 Å². The lowest BCUT2D eigenvalue weighted by Gasteiger charge is -2.23. The van der Waals surface area contributed by atoms with E-state index in [-0.39, 0.29) is 18.0 Å². The molecule has 0 unspecified atom stereocenters. The predicted octanol–water partition coefficient (Wildman–Crippen LogP) is 3.65. The molecule has 152 valence electrons. The average Bonchev–Trinajstić information content (AvgIpc) is 2.71. The second-order valence-corrected chi connectivity index (χ2v) is 7.39. The van der Waals surface area contributed by atoms with Gasteiger partial charge in [-0.15, -0.1) is 0 Å². The molecule has 1 amide bonds. The summed E-state index contributed by atoms with van der Waals surface area (Å²) in [6.45, 7) is 8.51. The van der Waals surface area contributed by atoms with Crippen LogP contribution in [0.2, 0.25) is 0 Å². The Morgan fingerprint density at radius 1 is 1.07 bits per heavy atom. The van der Waals surface area contributed by atoms with Crippen LogP contribution in [0.25, 0.3) is 10.8 Å². The van der Waals surface area contributed by atoms with Gasteiger partial charge in [-0.2, -0.15) is 0 Å². The van der Waals surface area contributed by atoms with Crippen molar-refractivity contribution in [3.63, 3.8) is 0 Å². The fourth-order valence-corrected chi connectivity index (χ4v) is 3.61. The zero-order valence-corrected chi connectivity index (χ0v) is 17.4. The van der Waals surface area contributed by atoms with Gasteiger partial charge in [0.2, 0.25) is 5.91 Å². The van der Waals surface area contributed by atoms with Crippen molar-refractivity contribution in [3.8, 4) is 0 Å². The van der Waals surface area contributed by atoms with Crippen molar-refractivity contribution in [2.45, 2.75) is 33.7 Å². The molecule has 0 spiro atoms. The minimum absolute atomic E-state index is 0.0465. The van der Waals surface area contributed by atoms with Crippen molar-refractivity contribution in [2.75, 3.05) is 24.5 Å². The number of rotatable bonds is 8. The van der Waals surface area contributed by atoms with Gasteiger partial charge in [0, 0.05) is 36.4 Å². The zero-order chi connectivity index (χ0) is 20.8. The Hall–Kier alpha value is -3.08. The molecule has 3 rings (SSSR count). The van der Waals surface area contributed by atoms with Crippen molar-refractivity contribution >= 4 is 22.4 Å². The number of benzene rings is 2. The van der Waals surface area contributed by atoms with E-state index in [1.165, 1.54) is 11.3 Å². The second-order valence-electron chi connectivity index (χ2n) is 7.39. The van der Waals surface area contributed by atoms with Crippen molar-refractivity contribution in [2.24, 2.45) is 0 Å². The van der Waals surface area contributed by atoms with E-state index in [0.29, 0.717) is 11.9 Å². The minimum atomic E-state index is -0.135. The van der Waals surface area contributed by atoms with Crippen LogP contribution in [0.15, 0.2) is 59.4 Å². The van der Waals surface area contributed by atoms with E-state index in [2.05, 4.69) is 48.3 Å². The van der Waals surface area contributed by atoms with Gasteiger partial charge in [-0.25, -0.2) is 0 Å². The SMILES string of the molecule is CCN(CCCNC(=O)Cn1c(C)cc2ccccc2c1=O)c1cccc(C)c1. The Morgan fingerprint density at radius 3 is 2.62 bits per heavy atom. The Morgan fingerprint density at radius 2 is 1.86 bits per heavy atom. The maximum atomic E-state index is 12.7. The number of nitrogens with zero attached hydrogens (tertiary/aromatic N) is 2. The number of aryl methyl sites for hydroxylation is 2. The van der Waals surface area contributed by atoms with Crippen molar-refractivity contribution in [1.29, 1.82) is 0 Å². The quantitative estimate of drug-likeness (QED) is 0.597. The van der Waals surface area contributed by atoms with Gasteiger partial charge in [0.05, 0.1) is 0 Å². The fourth-order valence-electron chi connectivity index (χ4n) is 3.61. The van der Waals surface area contributed by atoms with E-state index in [4.69, 9.17) is 0 Å². The lowest BCUT2D eigenvalue weighted by atomic mass is 10.1. The zero-order valence-electron chi connectivity index (χ0n) is 17.4. The summed E-state index contributed by atoms with van der Waals surface area (Å²) in [7, 11) is 0. The summed E-state index contributed by atoms with van der Waals surface area (Å²) in [4.78, 5) is 27.4. The van der Waals surface area contributed by atoms with Crippen LogP contribution in [0.5, 0.6) is 0 Å². The number of pyridine rings is 1. The smallest absolute Gasteiger partial charge is 0.259 e. The van der Waals surface area contributed by atoms with Crippen molar-refractivity contribution in [3.05, 3.63) is 76.2 Å². The third-order valence-electron chi connectivity index (χ3n) is 5.20. The molecular weight excluding hydrogens is 362 g/mol. The van der Waals surface area contributed by atoms with E-state index in [1.807, 2.05) is 31.2 Å². The van der Waals surface area contributed by atoms with Crippen LogP contribution < -0.4 is 15.8 Å². The Balaban J connectivity index is 1.55. The summed E-state index contributed by atoms with van der Waals surface area (Å²) in [6.07, 6.45) is 0.846. The average molecular weight is 392 g/mol. The van der Waals surface area contributed by atoms with Crippen LogP contribution in [0, 0.1) is 13.8 Å². The molecule has 5 heteroatoms. The van der Waals surface area contributed by atoms with Gasteiger partial charge in [-0.1, -0.05) is 30.3 Å². The molecule has 0 fully saturated rings. The van der Waals surface area contributed by atoms with Crippen molar-refractivity contribution < 1.29 is 4.79 Å². The summed E-state index contributed by atoms with van der Waals surface area (Å²) in [5.74, 6) is -0.135. The van der Waals surface area contributed by atoms with Gasteiger partial charge < -0.3 is 14.8 Å². The number of nitrogens with one attached hydrogen (secondary N) is 1. The molecule has 0 atom stereocenters. The first kappa shape index (κ1) is 20.6. The first-order valence-electron chi connectivity index (χ1n) is 10.2. The number of carbonyl (C=O) groups is 1. The summed E-state index contributed by atoms with van der Waals surface area (Å²) in [5.41, 5.74) is 3.12. The fraction of sp³-hybridized carbons (Fsp3) is 0.333. The molecule has 5 nitrogen and oxygen atoms in total. The molecule has 1 aromatic heterocycles. The highest BCUT2D eigenvalue weighted by molar-refractivity contribution is 5.82. The van der Waals surface area contributed by atoms with E-state index in [0.717, 1.165) is 30.6 Å². The van der Waals surface area contributed by atoms with Crippen LogP contribution in [-0.2, 0) is 11.3 Å². The standard InChI is InChI=1S/C24H29N3O2/c1-4-26(21-11-7-9-18(2)15-21)14-8-13-25-23(28)17-27-19(3)16-20-10-5-6-12-22(20)24(27)29/h5-7,9-12,15-16H,4,8,13-14,17H2,1-3H3,(H,25,28). The molecule has 29 heavy (non-hydrogen) atoms. The van der Waals surface area contributed by atoms with Crippen LogP contribution in [-0.4, -0.2) is 30.1 Å². The minimum Gasteiger partial charge on any atom is -0.372 e. The third-order valence-corrected chi connectivity index (χ3v) is 5.20. The number of hydrogen-bond acceptors (Lipinski definition) is 3. The van der Waals surface area contributed by atoms with Crippen LogP contribution >= 0.6 is 0 Å². The number of aromatic nitrogens is 1. The first-order chi connectivity index (χ1) is 14.0.